The molecule has 0 aliphatic carbocycles. The summed E-state index contributed by atoms with van der Waals surface area (Å²) in [6.07, 6.45) is 3.75. The molecule has 98 valence electrons. The van der Waals surface area contributed by atoms with E-state index in [1.54, 1.807) is 17.6 Å². The van der Waals surface area contributed by atoms with Crippen LogP contribution in [0.5, 0.6) is 0 Å². The van der Waals surface area contributed by atoms with E-state index in [9.17, 15) is 0 Å². The predicted octanol–water partition coefficient (Wildman–Crippen LogP) is 4.87. The molecular formula is C13H15BrClNOS. The third-order valence-electron chi connectivity index (χ3n) is 2.72. The zero-order chi connectivity index (χ0) is 13.0. The first kappa shape index (κ1) is 14.1. The third-order valence-corrected chi connectivity index (χ3v) is 5.20. The van der Waals surface area contributed by atoms with Crippen molar-refractivity contribution in [2.75, 3.05) is 0 Å². The molecule has 0 aliphatic rings. The van der Waals surface area contributed by atoms with Gasteiger partial charge in [0.2, 0.25) is 0 Å². The van der Waals surface area contributed by atoms with E-state index < -0.39 is 0 Å². The highest BCUT2D eigenvalue weighted by Gasteiger charge is 2.07. The van der Waals surface area contributed by atoms with Crippen molar-refractivity contribution >= 4 is 38.9 Å². The normalized spacial score (nSPS) is 12.8. The first-order valence-electron chi connectivity index (χ1n) is 5.84. The molecule has 2 rings (SSSR count). The van der Waals surface area contributed by atoms with Crippen LogP contribution in [-0.4, -0.2) is 6.04 Å². The van der Waals surface area contributed by atoms with E-state index in [0.717, 1.165) is 34.0 Å². The molecule has 0 fully saturated rings. The lowest BCUT2D eigenvalue weighted by Gasteiger charge is -2.11. The molecule has 1 atom stereocenters. The molecule has 1 unspecified atom stereocenters. The fraction of sp³-hybridized carbons (Fsp3) is 0.385. The van der Waals surface area contributed by atoms with Gasteiger partial charge in [0.1, 0.15) is 10.1 Å². The summed E-state index contributed by atoms with van der Waals surface area (Å²) in [6, 6.07) is 6.47. The summed E-state index contributed by atoms with van der Waals surface area (Å²) < 4.78 is 7.11. The van der Waals surface area contributed by atoms with Crippen molar-refractivity contribution in [3.05, 3.63) is 43.9 Å². The third kappa shape index (κ3) is 4.12. The molecular weight excluding hydrogens is 334 g/mol. The van der Waals surface area contributed by atoms with Crippen molar-refractivity contribution in [1.29, 1.82) is 0 Å². The number of halogens is 2. The maximum Gasteiger partial charge on any atom is 0.107 e. The van der Waals surface area contributed by atoms with Gasteiger partial charge >= 0.3 is 0 Å². The number of nitrogens with one attached hydrogen (secondary N) is 1. The van der Waals surface area contributed by atoms with Crippen molar-refractivity contribution in [3.8, 4) is 0 Å². The molecule has 0 bridgehead atoms. The summed E-state index contributed by atoms with van der Waals surface area (Å²) in [6.45, 7) is 3.04. The minimum absolute atomic E-state index is 0.453. The molecule has 2 aromatic heterocycles. The first-order chi connectivity index (χ1) is 8.65. The lowest BCUT2D eigenvalue weighted by Crippen LogP contribution is -2.25. The zero-order valence-corrected chi connectivity index (χ0v) is 13.2. The maximum absolute atomic E-state index is 6.00. The van der Waals surface area contributed by atoms with Gasteiger partial charge in [-0.3, -0.25) is 0 Å². The second-order valence-electron chi connectivity index (χ2n) is 4.23. The van der Waals surface area contributed by atoms with E-state index >= 15 is 0 Å². The van der Waals surface area contributed by atoms with Crippen LogP contribution in [0.15, 0.2) is 33.4 Å². The van der Waals surface area contributed by atoms with E-state index in [1.165, 1.54) is 4.88 Å². The molecule has 2 aromatic rings. The number of thiophene rings is 1. The number of aryl methyl sites for hydroxylation is 1. The molecule has 0 aliphatic heterocycles. The second-order valence-corrected chi connectivity index (χ2v) is 6.83. The summed E-state index contributed by atoms with van der Waals surface area (Å²) in [5.74, 6) is 1.05. The van der Waals surface area contributed by atoms with Gasteiger partial charge in [-0.1, -0.05) is 11.6 Å². The van der Waals surface area contributed by atoms with Crippen LogP contribution in [0.4, 0.5) is 0 Å². The summed E-state index contributed by atoms with van der Waals surface area (Å²) in [5.41, 5.74) is 0. The molecule has 2 nitrogen and oxygen atoms in total. The van der Waals surface area contributed by atoms with Crippen molar-refractivity contribution < 1.29 is 4.42 Å². The van der Waals surface area contributed by atoms with Gasteiger partial charge in [0.25, 0.3) is 0 Å². The van der Waals surface area contributed by atoms with Crippen LogP contribution in [0.3, 0.4) is 0 Å². The van der Waals surface area contributed by atoms with Crippen molar-refractivity contribution in [2.24, 2.45) is 0 Å². The fourth-order valence-electron chi connectivity index (χ4n) is 1.67. The average molecular weight is 349 g/mol. The highest BCUT2D eigenvalue weighted by molar-refractivity contribution is 9.10. The molecule has 0 amide bonds. The maximum atomic E-state index is 6.00. The Morgan fingerprint density at radius 1 is 1.56 bits per heavy atom. The minimum Gasteiger partial charge on any atom is -0.469 e. The second kappa shape index (κ2) is 6.75. The van der Waals surface area contributed by atoms with Crippen molar-refractivity contribution in [3.63, 3.8) is 0 Å². The Morgan fingerprint density at radius 2 is 2.39 bits per heavy atom. The van der Waals surface area contributed by atoms with Crippen LogP contribution in [0.1, 0.15) is 24.0 Å². The van der Waals surface area contributed by atoms with Gasteiger partial charge in [-0.25, -0.2) is 0 Å². The minimum atomic E-state index is 0.453. The molecule has 1 N–H and O–H groups in total. The lowest BCUT2D eigenvalue weighted by molar-refractivity contribution is 0.461. The number of hydrogen-bond acceptors (Lipinski definition) is 3. The van der Waals surface area contributed by atoms with Gasteiger partial charge in [0.15, 0.2) is 0 Å². The van der Waals surface area contributed by atoms with E-state index in [-0.39, 0.29) is 0 Å². The van der Waals surface area contributed by atoms with E-state index in [2.05, 4.69) is 34.2 Å². The van der Waals surface area contributed by atoms with Crippen LogP contribution in [-0.2, 0) is 13.0 Å². The van der Waals surface area contributed by atoms with Gasteiger partial charge in [-0.15, -0.1) is 11.3 Å². The Hall–Kier alpha value is -0.290. The smallest absolute Gasteiger partial charge is 0.107 e. The summed E-state index contributed by atoms with van der Waals surface area (Å²) in [7, 11) is 0. The van der Waals surface area contributed by atoms with E-state index in [4.69, 9.17) is 16.0 Å². The monoisotopic (exact) mass is 347 g/mol. The molecule has 18 heavy (non-hydrogen) atoms. The standard InChI is InChI=1S/C13H15BrClNOS/c1-9(4-5-10-3-2-6-17-10)16-8-11-7-12(14)13(15)18-11/h2-3,6-7,9,16H,4-5,8H2,1H3. The summed E-state index contributed by atoms with van der Waals surface area (Å²) in [5, 5.41) is 3.49. The number of hydrogen-bond donors (Lipinski definition) is 1. The van der Waals surface area contributed by atoms with Gasteiger partial charge in [-0.2, -0.15) is 0 Å². The van der Waals surface area contributed by atoms with Crippen LogP contribution < -0.4 is 5.32 Å². The van der Waals surface area contributed by atoms with Crippen LogP contribution in [0, 0.1) is 0 Å². The van der Waals surface area contributed by atoms with Crippen LogP contribution in [0.2, 0.25) is 4.34 Å². The average Bonchev–Trinajstić information content (AvgIpc) is 2.95. The molecule has 0 aromatic carbocycles. The highest BCUT2D eigenvalue weighted by Crippen LogP contribution is 2.31. The fourth-order valence-corrected chi connectivity index (χ4v) is 3.41. The molecule has 0 spiro atoms. The largest absolute Gasteiger partial charge is 0.469 e. The Labute approximate surface area is 124 Å². The Balaban J connectivity index is 1.73. The molecule has 0 saturated carbocycles. The zero-order valence-electron chi connectivity index (χ0n) is 10.1. The quantitative estimate of drug-likeness (QED) is 0.806. The van der Waals surface area contributed by atoms with Crippen molar-refractivity contribution in [2.45, 2.75) is 32.4 Å². The molecule has 0 radical (unpaired) electrons. The Bertz CT molecular complexity index is 464. The lowest BCUT2D eigenvalue weighted by atomic mass is 10.1. The van der Waals surface area contributed by atoms with Gasteiger partial charge in [-0.05, 0) is 47.5 Å². The van der Waals surface area contributed by atoms with Gasteiger partial charge in [0.05, 0.1) is 6.26 Å². The van der Waals surface area contributed by atoms with Crippen LogP contribution >= 0.6 is 38.9 Å². The molecule has 5 heteroatoms. The van der Waals surface area contributed by atoms with E-state index in [1.807, 2.05) is 12.1 Å². The summed E-state index contributed by atoms with van der Waals surface area (Å²) >= 11 is 11.0. The Kier molecular flexibility index (Phi) is 5.30. The number of rotatable bonds is 6. The molecule has 0 saturated heterocycles. The SMILES string of the molecule is CC(CCc1ccco1)NCc1cc(Br)c(Cl)s1. The topological polar surface area (TPSA) is 25.2 Å². The predicted molar refractivity (Wildman–Crippen MR) is 80.4 cm³/mol. The van der Waals surface area contributed by atoms with Crippen molar-refractivity contribution in [1.82, 2.24) is 5.32 Å². The Morgan fingerprint density at radius 3 is 3.00 bits per heavy atom. The van der Waals surface area contributed by atoms with Crippen LogP contribution in [0.25, 0.3) is 0 Å². The highest BCUT2D eigenvalue weighted by atomic mass is 79.9. The van der Waals surface area contributed by atoms with E-state index in [0.29, 0.717) is 6.04 Å². The first-order valence-corrected chi connectivity index (χ1v) is 7.83. The van der Waals surface area contributed by atoms with Gasteiger partial charge in [0, 0.05) is 28.4 Å². The number of furan rings is 1. The summed E-state index contributed by atoms with van der Waals surface area (Å²) in [4.78, 5) is 1.25. The molecule has 2 heterocycles. The van der Waals surface area contributed by atoms with Gasteiger partial charge < -0.3 is 9.73 Å².